The van der Waals surface area contributed by atoms with Gasteiger partial charge >= 0.3 is 0 Å². The summed E-state index contributed by atoms with van der Waals surface area (Å²) in [4.78, 5) is 12.4. The molecule has 0 spiro atoms. The zero-order valence-corrected chi connectivity index (χ0v) is 10.9. The lowest BCUT2D eigenvalue weighted by atomic mass is 10.2. The molecule has 0 atom stereocenters. The Morgan fingerprint density at radius 3 is 2.85 bits per heavy atom. The van der Waals surface area contributed by atoms with Gasteiger partial charge in [-0.3, -0.25) is 15.0 Å². The van der Waals surface area contributed by atoms with E-state index in [-0.39, 0.29) is 17.0 Å². The van der Waals surface area contributed by atoms with Crippen molar-refractivity contribution >= 4 is 5.69 Å². The highest BCUT2D eigenvalue weighted by atomic mass is 16.6. The Bertz CT molecular complexity index is 521. The minimum Gasteiger partial charge on any atom is -0.491 e. The summed E-state index contributed by atoms with van der Waals surface area (Å²) in [6, 6.07) is 6.22. The number of ether oxygens (including phenoxy) is 2. The average Bonchev–Trinajstić information content (AvgIpc) is 2.48. The highest BCUT2D eigenvalue weighted by molar-refractivity contribution is 5.56. The molecule has 106 valence electrons. The van der Waals surface area contributed by atoms with Gasteiger partial charge in [0.15, 0.2) is 5.56 Å². The van der Waals surface area contributed by atoms with Gasteiger partial charge in [0.25, 0.3) is 5.69 Å². The zero-order valence-electron chi connectivity index (χ0n) is 10.9. The molecule has 7 heteroatoms. The molecule has 1 fully saturated rings. The number of morpholine rings is 1. The number of hydrogen-bond acceptors (Lipinski definition) is 6. The van der Waals surface area contributed by atoms with Gasteiger partial charge in [0.2, 0.25) is 0 Å². The number of nitriles is 1. The Morgan fingerprint density at radius 1 is 1.45 bits per heavy atom. The molecule has 1 aliphatic rings. The predicted octanol–water partition coefficient (Wildman–Crippen LogP) is 1.18. The number of nitro benzene ring substituents is 1. The van der Waals surface area contributed by atoms with Crippen LogP contribution in [-0.4, -0.2) is 49.3 Å². The standard InChI is InChI=1S/C13H15N3O4/c14-10-11-12(16(17)18)2-1-3-13(11)20-9-6-15-4-7-19-8-5-15/h1-3H,4-9H2. The van der Waals surface area contributed by atoms with Gasteiger partial charge in [-0.15, -0.1) is 0 Å². The van der Waals surface area contributed by atoms with Gasteiger partial charge in [-0.2, -0.15) is 5.26 Å². The second-order valence-corrected chi connectivity index (χ2v) is 4.32. The van der Waals surface area contributed by atoms with E-state index < -0.39 is 4.92 Å². The summed E-state index contributed by atoms with van der Waals surface area (Å²) < 4.78 is 10.8. The molecule has 0 aromatic heterocycles. The molecule has 0 N–H and O–H groups in total. The second-order valence-electron chi connectivity index (χ2n) is 4.32. The maximum atomic E-state index is 10.8. The highest BCUT2D eigenvalue weighted by Crippen LogP contribution is 2.27. The van der Waals surface area contributed by atoms with Crippen LogP contribution in [0.5, 0.6) is 5.75 Å². The summed E-state index contributed by atoms with van der Waals surface area (Å²) in [5.74, 6) is 0.259. The third-order valence-electron chi connectivity index (χ3n) is 3.08. The van der Waals surface area contributed by atoms with Crippen LogP contribution in [0.4, 0.5) is 5.69 Å². The molecule has 0 unspecified atom stereocenters. The van der Waals surface area contributed by atoms with Gasteiger partial charge in [0, 0.05) is 25.7 Å². The van der Waals surface area contributed by atoms with Crippen LogP contribution in [0.3, 0.4) is 0 Å². The summed E-state index contributed by atoms with van der Waals surface area (Å²) in [6.45, 7) is 4.21. The van der Waals surface area contributed by atoms with Crippen LogP contribution in [0.15, 0.2) is 18.2 Å². The molecule has 0 amide bonds. The minimum atomic E-state index is -0.576. The van der Waals surface area contributed by atoms with Crippen LogP contribution in [0.25, 0.3) is 0 Å². The van der Waals surface area contributed by atoms with Crippen molar-refractivity contribution in [1.82, 2.24) is 4.90 Å². The van der Waals surface area contributed by atoms with Gasteiger partial charge < -0.3 is 9.47 Å². The normalized spacial score (nSPS) is 15.6. The number of nitro groups is 1. The molecule has 1 aliphatic heterocycles. The van der Waals surface area contributed by atoms with E-state index in [2.05, 4.69) is 4.90 Å². The molecule has 1 aromatic rings. The lowest BCUT2D eigenvalue weighted by molar-refractivity contribution is -0.385. The average molecular weight is 277 g/mol. The molecule has 2 rings (SSSR count). The highest BCUT2D eigenvalue weighted by Gasteiger charge is 2.18. The molecule has 0 bridgehead atoms. The van der Waals surface area contributed by atoms with Crippen LogP contribution < -0.4 is 4.74 Å². The van der Waals surface area contributed by atoms with E-state index >= 15 is 0 Å². The van der Waals surface area contributed by atoms with Crippen molar-refractivity contribution in [3.63, 3.8) is 0 Å². The van der Waals surface area contributed by atoms with E-state index in [1.54, 1.807) is 6.07 Å². The van der Waals surface area contributed by atoms with E-state index in [1.807, 2.05) is 6.07 Å². The lowest BCUT2D eigenvalue weighted by Crippen LogP contribution is -2.38. The van der Waals surface area contributed by atoms with E-state index in [0.717, 1.165) is 13.1 Å². The zero-order chi connectivity index (χ0) is 14.4. The van der Waals surface area contributed by atoms with Crippen molar-refractivity contribution in [3.8, 4) is 11.8 Å². The Kier molecular flexibility index (Phi) is 4.87. The number of nitrogens with zero attached hydrogens (tertiary/aromatic N) is 3. The SMILES string of the molecule is N#Cc1c(OCCN2CCOCC2)cccc1[N+](=O)[O-]. The predicted molar refractivity (Wildman–Crippen MR) is 70.6 cm³/mol. The van der Waals surface area contributed by atoms with Gasteiger partial charge in [0.1, 0.15) is 18.4 Å². The molecule has 7 nitrogen and oxygen atoms in total. The summed E-state index contributed by atoms with van der Waals surface area (Å²) in [6.07, 6.45) is 0. The van der Waals surface area contributed by atoms with Crippen LogP contribution in [0, 0.1) is 21.4 Å². The molecule has 0 saturated carbocycles. The van der Waals surface area contributed by atoms with Gasteiger partial charge in [-0.05, 0) is 6.07 Å². The maximum absolute atomic E-state index is 10.8. The summed E-state index contributed by atoms with van der Waals surface area (Å²) in [5, 5.41) is 19.9. The monoisotopic (exact) mass is 277 g/mol. The third-order valence-corrected chi connectivity index (χ3v) is 3.08. The smallest absolute Gasteiger partial charge is 0.290 e. The molecule has 0 radical (unpaired) electrons. The van der Waals surface area contributed by atoms with Gasteiger partial charge in [-0.1, -0.05) is 6.07 Å². The Balaban J connectivity index is 1.97. The molecular weight excluding hydrogens is 262 g/mol. The Hall–Kier alpha value is -2.17. The van der Waals surface area contributed by atoms with E-state index in [0.29, 0.717) is 26.4 Å². The number of benzene rings is 1. The van der Waals surface area contributed by atoms with E-state index in [1.165, 1.54) is 12.1 Å². The van der Waals surface area contributed by atoms with Crippen molar-refractivity contribution < 1.29 is 14.4 Å². The summed E-state index contributed by atoms with van der Waals surface area (Å²) >= 11 is 0. The molecule has 1 heterocycles. The number of rotatable bonds is 5. The third kappa shape index (κ3) is 3.44. The van der Waals surface area contributed by atoms with Crippen LogP contribution in [-0.2, 0) is 4.74 Å². The van der Waals surface area contributed by atoms with Crippen LogP contribution >= 0.6 is 0 Å². The lowest BCUT2D eigenvalue weighted by Gasteiger charge is -2.26. The van der Waals surface area contributed by atoms with Crippen molar-refractivity contribution in [1.29, 1.82) is 5.26 Å². The van der Waals surface area contributed by atoms with E-state index in [9.17, 15) is 10.1 Å². The molecule has 1 saturated heterocycles. The van der Waals surface area contributed by atoms with Crippen molar-refractivity contribution in [3.05, 3.63) is 33.9 Å². The topological polar surface area (TPSA) is 88.6 Å². The van der Waals surface area contributed by atoms with Crippen LogP contribution in [0.1, 0.15) is 5.56 Å². The second kappa shape index (κ2) is 6.84. The van der Waals surface area contributed by atoms with Gasteiger partial charge in [-0.25, -0.2) is 0 Å². The van der Waals surface area contributed by atoms with E-state index in [4.69, 9.17) is 14.7 Å². The largest absolute Gasteiger partial charge is 0.491 e. The first-order valence-electron chi connectivity index (χ1n) is 6.33. The Morgan fingerprint density at radius 2 is 2.20 bits per heavy atom. The maximum Gasteiger partial charge on any atom is 0.290 e. The van der Waals surface area contributed by atoms with Crippen molar-refractivity contribution in [2.75, 3.05) is 39.5 Å². The fraction of sp³-hybridized carbons (Fsp3) is 0.462. The Labute approximate surface area is 116 Å². The van der Waals surface area contributed by atoms with Crippen molar-refractivity contribution in [2.45, 2.75) is 0 Å². The fourth-order valence-electron chi connectivity index (χ4n) is 2.01. The minimum absolute atomic E-state index is 0.0283. The summed E-state index contributed by atoms with van der Waals surface area (Å²) in [5.41, 5.74) is -0.254. The molecule has 0 aliphatic carbocycles. The van der Waals surface area contributed by atoms with Crippen molar-refractivity contribution in [2.24, 2.45) is 0 Å². The first kappa shape index (κ1) is 14.2. The molecule has 1 aromatic carbocycles. The quantitative estimate of drug-likeness (QED) is 0.593. The molecular formula is C13H15N3O4. The summed E-state index contributed by atoms with van der Waals surface area (Å²) in [7, 11) is 0. The first-order valence-corrected chi connectivity index (χ1v) is 6.33. The molecule has 20 heavy (non-hydrogen) atoms. The first-order chi connectivity index (χ1) is 9.72. The van der Waals surface area contributed by atoms with Crippen LogP contribution in [0.2, 0.25) is 0 Å². The fourth-order valence-corrected chi connectivity index (χ4v) is 2.01. The number of hydrogen-bond donors (Lipinski definition) is 0. The van der Waals surface area contributed by atoms with Gasteiger partial charge in [0.05, 0.1) is 18.1 Å².